The quantitative estimate of drug-likeness (QED) is 0.713. The molecule has 0 aromatic carbocycles. The Morgan fingerprint density at radius 3 is 3.00 bits per heavy atom. The summed E-state index contributed by atoms with van der Waals surface area (Å²) in [4.78, 5) is 0. The predicted molar refractivity (Wildman–Crippen MR) is 45.6 cm³/mol. The van der Waals surface area contributed by atoms with Crippen molar-refractivity contribution >= 4 is 0 Å². The zero-order valence-corrected chi connectivity index (χ0v) is 7.13. The molecule has 0 amide bonds. The first kappa shape index (κ1) is 8.34. The van der Waals surface area contributed by atoms with Crippen LogP contribution in [0.3, 0.4) is 0 Å². The molecule has 1 atom stereocenters. The van der Waals surface area contributed by atoms with E-state index in [0.717, 1.165) is 18.6 Å². The molecular formula is C9H15NO. The minimum Gasteiger partial charge on any atom is -0.469 e. The normalized spacial score (nSPS) is 13.3. The van der Waals surface area contributed by atoms with E-state index in [1.54, 1.807) is 6.26 Å². The lowest BCUT2D eigenvalue weighted by Gasteiger charge is -2.07. The van der Waals surface area contributed by atoms with Gasteiger partial charge in [-0.05, 0) is 32.5 Å². The molecule has 62 valence electrons. The lowest BCUT2D eigenvalue weighted by Crippen LogP contribution is -2.21. The maximum atomic E-state index is 5.20. The van der Waals surface area contributed by atoms with Crippen LogP contribution < -0.4 is 5.32 Å². The van der Waals surface area contributed by atoms with Crippen molar-refractivity contribution in [3.63, 3.8) is 0 Å². The van der Waals surface area contributed by atoms with Crippen LogP contribution in [-0.4, -0.2) is 13.1 Å². The Labute approximate surface area is 67.6 Å². The molecule has 1 aromatic rings. The molecule has 2 nitrogen and oxygen atoms in total. The lowest BCUT2D eigenvalue weighted by atomic mass is 10.1. The Bertz CT molecular complexity index is 181. The van der Waals surface area contributed by atoms with E-state index in [2.05, 4.69) is 12.2 Å². The van der Waals surface area contributed by atoms with Crippen LogP contribution in [-0.2, 0) is 6.42 Å². The van der Waals surface area contributed by atoms with E-state index in [1.807, 2.05) is 19.2 Å². The minimum absolute atomic E-state index is 0.570. The summed E-state index contributed by atoms with van der Waals surface area (Å²) >= 11 is 0. The number of furan rings is 1. The van der Waals surface area contributed by atoms with Gasteiger partial charge in [0.05, 0.1) is 6.26 Å². The summed E-state index contributed by atoms with van der Waals surface area (Å²) in [6.45, 7) is 2.17. The number of nitrogens with one attached hydrogen (secondary N) is 1. The Morgan fingerprint density at radius 1 is 1.64 bits per heavy atom. The fourth-order valence-electron chi connectivity index (χ4n) is 0.958. The summed E-state index contributed by atoms with van der Waals surface area (Å²) in [7, 11) is 1.98. The van der Waals surface area contributed by atoms with Crippen molar-refractivity contribution in [1.82, 2.24) is 5.32 Å². The molecule has 0 aliphatic rings. The van der Waals surface area contributed by atoms with Crippen molar-refractivity contribution in [2.45, 2.75) is 25.8 Å². The molecule has 0 radical (unpaired) electrons. The second kappa shape index (κ2) is 4.19. The molecule has 0 saturated heterocycles. The topological polar surface area (TPSA) is 25.2 Å². The zero-order chi connectivity index (χ0) is 8.10. The standard InChI is InChI=1S/C9H15NO/c1-8(10-2)5-6-9-4-3-7-11-9/h3-4,7-8,10H,5-6H2,1-2H3. The Morgan fingerprint density at radius 2 is 2.45 bits per heavy atom. The summed E-state index contributed by atoms with van der Waals surface area (Å²) in [5, 5.41) is 3.19. The molecule has 1 unspecified atom stereocenters. The number of hydrogen-bond acceptors (Lipinski definition) is 2. The van der Waals surface area contributed by atoms with Gasteiger partial charge in [0.2, 0.25) is 0 Å². The summed E-state index contributed by atoms with van der Waals surface area (Å²) < 4.78 is 5.20. The van der Waals surface area contributed by atoms with Crippen LogP contribution in [0.1, 0.15) is 19.1 Å². The van der Waals surface area contributed by atoms with E-state index in [-0.39, 0.29) is 0 Å². The molecule has 1 aromatic heterocycles. The van der Waals surface area contributed by atoms with Gasteiger partial charge in [0.25, 0.3) is 0 Å². The summed E-state index contributed by atoms with van der Waals surface area (Å²) in [6, 6.07) is 4.52. The highest BCUT2D eigenvalue weighted by atomic mass is 16.3. The van der Waals surface area contributed by atoms with Gasteiger partial charge in [0, 0.05) is 12.5 Å². The van der Waals surface area contributed by atoms with E-state index < -0.39 is 0 Å². The summed E-state index contributed by atoms with van der Waals surface area (Å²) in [6.07, 6.45) is 3.87. The van der Waals surface area contributed by atoms with E-state index in [0.29, 0.717) is 6.04 Å². The van der Waals surface area contributed by atoms with E-state index >= 15 is 0 Å². The van der Waals surface area contributed by atoms with Crippen LogP contribution in [0.5, 0.6) is 0 Å². The highest BCUT2D eigenvalue weighted by molar-refractivity contribution is 4.98. The number of hydrogen-bond donors (Lipinski definition) is 1. The third-order valence-electron chi connectivity index (χ3n) is 1.90. The van der Waals surface area contributed by atoms with Gasteiger partial charge in [0.15, 0.2) is 0 Å². The maximum absolute atomic E-state index is 5.20. The fourth-order valence-corrected chi connectivity index (χ4v) is 0.958. The van der Waals surface area contributed by atoms with Gasteiger partial charge < -0.3 is 9.73 Å². The monoisotopic (exact) mass is 153 g/mol. The smallest absolute Gasteiger partial charge is 0.103 e. The molecule has 0 aliphatic carbocycles. The third-order valence-corrected chi connectivity index (χ3v) is 1.90. The van der Waals surface area contributed by atoms with Crippen molar-refractivity contribution in [3.05, 3.63) is 24.2 Å². The van der Waals surface area contributed by atoms with Crippen LogP contribution >= 0.6 is 0 Å². The van der Waals surface area contributed by atoms with Gasteiger partial charge in [-0.1, -0.05) is 0 Å². The van der Waals surface area contributed by atoms with E-state index in [9.17, 15) is 0 Å². The Kier molecular flexibility index (Phi) is 3.17. The van der Waals surface area contributed by atoms with E-state index in [4.69, 9.17) is 4.42 Å². The molecule has 1 N–H and O–H groups in total. The molecule has 0 bridgehead atoms. The second-order valence-electron chi connectivity index (χ2n) is 2.81. The average Bonchev–Trinajstić information content (AvgIpc) is 2.52. The molecule has 0 saturated carbocycles. The first-order chi connectivity index (χ1) is 5.33. The van der Waals surface area contributed by atoms with Gasteiger partial charge in [0.1, 0.15) is 5.76 Å². The van der Waals surface area contributed by atoms with Gasteiger partial charge in [-0.3, -0.25) is 0 Å². The molecule has 0 aliphatic heterocycles. The SMILES string of the molecule is CNC(C)CCc1ccco1. The number of aryl methyl sites for hydroxylation is 1. The molecule has 2 heteroatoms. The van der Waals surface area contributed by atoms with Gasteiger partial charge in [-0.25, -0.2) is 0 Å². The fraction of sp³-hybridized carbons (Fsp3) is 0.556. The predicted octanol–water partition coefficient (Wildman–Crippen LogP) is 1.82. The van der Waals surface area contributed by atoms with Crippen molar-refractivity contribution < 1.29 is 4.42 Å². The molecule has 1 heterocycles. The summed E-state index contributed by atoms with van der Waals surface area (Å²) in [5.41, 5.74) is 0. The Balaban J connectivity index is 2.23. The first-order valence-corrected chi connectivity index (χ1v) is 4.02. The van der Waals surface area contributed by atoms with Gasteiger partial charge in [-0.2, -0.15) is 0 Å². The van der Waals surface area contributed by atoms with Crippen LogP contribution in [0.2, 0.25) is 0 Å². The van der Waals surface area contributed by atoms with Gasteiger partial charge >= 0.3 is 0 Å². The highest BCUT2D eigenvalue weighted by Gasteiger charge is 2.00. The third kappa shape index (κ3) is 2.76. The first-order valence-electron chi connectivity index (χ1n) is 4.02. The largest absolute Gasteiger partial charge is 0.469 e. The highest BCUT2D eigenvalue weighted by Crippen LogP contribution is 2.04. The molecule has 0 fully saturated rings. The second-order valence-corrected chi connectivity index (χ2v) is 2.81. The molecule has 1 rings (SSSR count). The van der Waals surface area contributed by atoms with Crippen molar-refractivity contribution in [1.29, 1.82) is 0 Å². The average molecular weight is 153 g/mol. The maximum Gasteiger partial charge on any atom is 0.103 e. The zero-order valence-electron chi connectivity index (χ0n) is 7.13. The van der Waals surface area contributed by atoms with E-state index in [1.165, 1.54) is 0 Å². The van der Waals surface area contributed by atoms with Crippen LogP contribution in [0.4, 0.5) is 0 Å². The lowest BCUT2D eigenvalue weighted by molar-refractivity contribution is 0.475. The number of rotatable bonds is 4. The van der Waals surface area contributed by atoms with Crippen LogP contribution in [0.25, 0.3) is 0 Å². The molecule has 11 heavy (non-hydrogen) atoms. The molecule has 0 spiro atoms. The van der Waals surface area contributed by atoms with Crippen molar-refractivity contribution in [3.8, 4) is 0 Å². The van der Waals surface area contributed by atoms with Gasteiger partial charge in [-0.15, -0.1) is 0 Å². The summed E-state index contributed by atoms with van der Waals surface area (Å²) in [5.74, 6) is 1.08. The van der Waals surface area contributed by atoms with Crippen molar-refractivity contribution in [2.24, 2.45) is 0 Å². The van der Waals surface area contributed by atoms with Crippen LogP contribution in [0.15, 0.2) is 22.8 Å². The van der Waals surface area contributed by atoms with Crippen molar-refractivity contribution in [2.75, 3.05) is 7.05 Å². The molecular weight excluding hydrogens is 138 g/mol. The van der Waals surface area contributed by atoms with Crippen LogP contribution in [0, 0.1) is 0 Å². The minimum atomic E-state index is 0.570. The Hall–Kier alpha value is -0.760.